The maximum atomic E-state index is 11.5. The normalized spacial score (nSPS) is 18.5. The maximum absolute atomic E-state index is 11.5. The molecule has 1 unspecified atom stereocenters. The van der Waals surface area contributed by atoms with Crippen molar-refractivity contribution in [1.82, 2.24) is 0 Å². The van der Waals surface area contributed by atoms with E-state index in [1.165, 1.54) is 36.6 Å². The molecule has 3 heteroatoms. The van der Waals surface area contributed by atoms with Crippen LogP contribution in [0.1, 0.15) is 37.7 Å². The summed E-state index contributed by atoms with van der Waals surface area (Å²) in [7, 11) is 0. The summed E-state index contributed by atoms with van der Waals surface area (Å²) in [5.74, 6) is -0.323. The van der Waals surface area contributed by atoms with E-state index in [2.05, 4.69) is 0 Å². The van der Waals surface area contributed by atoms with Gasteiger partial charge >= 0.3 is 5.97 Å². The summed E-state index contributed by atoms with van der Waals surface area (Å²) in [6.07, 6.45) is 5.76. The summed E-state index contributed by atoms with van der Waals surface area (Å²) in [5.41, 5.74) is 1.17. The van der Waals surface area contributed by atoms with E-state index in [4.69, 9.17) is 0 Å². The van der Waals surface area contributed by atoms with Crippen molar-refractivity contribution in [3.05, 3.63) is 29.8 Å². The molecule has 2 nitrogen and oxygen atoms in total. The first kappa shape index (κ1) is 13.5. The van der Waals surface area contributed by atoms with Crippen LogP contribution in [0.5, 0.6) is 0 Å². The number of aliphatic carboxylic acids is 1. The molecule has 0 saturated heterocycles. The lowest BCUT2D eigenvalue weighted by Crippen LogP contribution is -2.28. The van der Waals surface area contributed by atoms with Gasteiger partial charge in [0.05, 0.1) is 0 Å². The molecule has 0 aromatic heterocycles. The predicted octanol–water partition coefficient (Wildman–Crippen LogP) is 4.12. The molecule has 1 N–H and O–H groups in total. The van der Waals surface area contributed by atoms with E-state index in [0.717, 1.165) is 17.7 Å². The van der Waals surface area contributed by atoms with Gasteiger partial charge < -0.3 is 5.11 Å². The van der Waals surface area contributed by atoms with Gasteiger partial charge in [0.25, 0.3) is 0 Å². The van der Waals surface area contributed by atoms with Crippen molar-refractivity contribution in [1.29, 1.82) is 0 Å². The second kappa shape index (κ2) is 6.28. The van der Waals surface area contributed by atoms with Crippen LogP contribution in [0.25, 0.3) is 0 Å². The van der Waals surface area contributed by atoms with Gasteiger partial charge in [0, 0.05) is 4.90 Å². The fourth-order valence-electron chi connectivity index (χ4n) is 2.61. The van der Waals surface area contributed by atoms with E-state index in [1.54, 1.807) is 0 Å². The minimum atomic E-state index is -0.657. The highest BCUT2D eigenvalue weighted by atomic mass is 32.2. The first-order chi connectivity index (χ1) is 8.68. The molecule has 0 aliphatic heterocycles. The standard InChI is InChI=1S/C15H20O2S/c1-11-7-5-6-10-13(11)18-14(15(16)17)12-8-3-2-4-9-12/h5-7,10,12,14H,2-4,8-9H2,1H3,(H,16,17). The Morgan fingerprint density at radius 2 is 1.94 bits per heavy atom. The van der Waals surface area contributed by atoms with Crippen molar-refractivity contribution in [3.8, 4) is 0 Å². The third-order valence-corrected chi connectivity index (χ3v) is 5.22. The topological polar surface area (TPSA) is 37.3 Å². The summed E-state index contributed by atoms with van der Waals surface area (Å²) in [4.78, 5) is 12.6. The molecule has 0 radical (unpaired) electrons. The number of hydrogen-bond donors (Lipinski definition) is 1. The van der Waals surface area contributed by atoms with Gasteiger partial charge in [0.15, 0.2) is 0 Å². The molecule has 0 amide bonds. The average Bonchev–Trinajstić information content (AvgIpc) is 2.38. The van der Waals surface area contributed by atoms with Crippen LogP contribution < -0.4 is 0 Å². The second-order valence-corrected chi connectivity index (χ2v) is 6.22. The van der Waals surface area contributed by atoms with E-state index in [1.807, 2.05) is 31.2 Å². The highest BCUT2D eigenvalue weighted by molar-refractivity contribution is 8.00. The lowest BCUT2D eigenvalue weighted by Gasteiger charge is -2.27. The molecular weight excluding hydrogens is 244 g/mol. The molecule has 1 atom stereocenters. The minimum absolute atomic E-state index is 0.286. The van der Waals surface area contributed by atoms with Crippen molar-refractivity contribution in [2.45, 2.75) is 49.2 Å². The summed E-state index contributed by atoms with van der Waals surface area (Å²) < 4.78 is 0. The van der Waals surface area contributed by atoms with Gasteiger partial charge in [-0.05, 0) is 37.3 Å². The van der Waals surface area contributed by atoms with Crippen LogP contribution in [0.15, 0.2) is 29.2 Å². The Balaban J connectivity index is 2.11. The Labute approximate surface area is 113 Å². The van der Waals surface area contributed by atoms with Gasteiger partial charge in [0.1, 0.15) is 5.25 Å². The molecule has 0 bridgehead atoms. The molecule has 1 aromatic carbocycles. The van der Waals surface area contributed by atoms with Gasteiger partial charge in [0.2, 0.25) is 0 Å². The van der Waals surface area contributed by atoms with Crippen LogP contribution in [0, 0.1) is 12.8 Å². The molecule has 2 rings (SSSR count). The number of aryl methyl sites for hydroxylation is 1. The zero-order valence-electron chi connectivity index (χ0n) is 10.8. The molecule has 0 heterocycles. The van der Waals surface area contributed by atoms with Crippen molar-refractivity contribution < 1.29 is 9.90 Å². The van der Waals surface area contributed by atoms with Gasteiger partial charge in [-0.2, -0.15) is 0 Å². The smallest absolute Gasteiger partial charge is 0.317 e. The van der Waals surface area contributed by atoms with Crippen LogP contribution in [0.4, 0.5) is 0 Å². The molecule has 1 fully saturated rings. The lowest BCUT2D eigenvalue weighted by molar-refractivity contribution is -0.137. The molecule has 98 valence electrons. The number of carboxylic acid groups (broad SMARTS) is 1. The minimum Gasteiger partial charge on any atom is -0.480 e. The largest absolute Gasteiger partial charge is 0.480 e. The van der Waals surface area contributed by atoms with E-state index < -0.39 is 5.97 Å². The van der Waals surface area contributed by atoms with Gasteiger partial charge in [-0.15, -0.1) is 11.8 Å². The van der Waals surface area contributed by atoms with Gasteiger partial charge in [-0.3, -0.25) is 4.79 Å². The lowest BCUT2D eigenvalue weighted by atomic mass is 9.87. The predicted molar refractivity (Wildman–Crippen MR) is 75.0 cm³/mol. The van der Waals surface area contributed by atoms with E-state index in [-0.39, 0.29) is 5.25 Å². The van der Waals surface area contributed by atoms with Crippen molar-refractivity contribution in [2.24, 2.45) is 5.92 Å². The average molecular weight is 264 g/mol. The SMILES string of the molecule is Cc1ccccc1SC(C(=O)O)C1CCCCC1. The number of carbonyl (C=O) groups is 1. The number of hydrogen-bond acceptors (Lipinski definition) is 2. The number of rotatable bonds is 4. The Bertz CT molecular complexity index is 411. The fourth-order valence-corrected chi connectivity index (χ4v) is 3.86. The second-order valence-electron chi connectivity index (χ2n) is 5.04. The van der Waals surface area contributed by atoms with E-state index in [9.17, 15) is 9.90 Å². The first-order valence-corrected chi connectivity index (χ1v) is 7.51. The zero-order chi connectivity index (χ0) is 13.0. The Morgan fingerprint density at radius 3 is 2.56 bits per heavy atom. The van der Waals surface area contributed by atoms with Crippen LogP contribution in [0.2, 0.25) is 0 Å². The van der Waals surface area contributed by atoms with Crippen molar-refractivity contribution >= 4 is 17.7 Å². The monoisotopic (exact) mass is 264 g/mol. The number of thioether (sulfide) groups is 1. The number of carboxylic acids is 1. The van der Waals surface area contributed by atoms with Crippen LogP contribution in [0.3, 0.4) is 0 Å². The van der Waals surface area contributed by atoms with E-state index in [0.29, 0.717) is 5.92 Å². The zero-order valence-corrected chi connectivity index (χ0v) is 11.6. The van der Waals surface area contributed by atoms with Gasteiger partial charge in [-0.25, -0.2) is 0 Å². The van der Waals surface area contributed by atoms with Crippen LogP contribution in [-0.2, 0) is 4.79 Å². The molecular formula is C15H20O2S. The van der Waals surface area contributed by atoms with E-state index >= 15 is 0 Å². The molecule has 18 heavy (non-hydrogen) atoms. The maximum Gasteiger partial charge on any atom is 0.317 e. The first-order valence-electron chi connectivity index (χ1n) is 6.63. The van der Waals surface area contributed by atoms with Crippen molar-refractivity contribution in [2.75, 3.05) is 0 Å². The molecule has 1 aliphatic rings. The third-order valence-electron chi connectivity index (χ3n) is 3.67. The highest BCUT2D eigenvalue weighted by Crippen LogP contribution is 2.37. The Kier molecular flexibility index (Phi) is 4.70. The summed E-state index contributed by atoms with van der Waals surface area (Å²) in [6.45, 7) is 2.04. The third kappa shape index (κ3) is 3.29. The fraction of sp³-hybridized carbons (Fsp3) is 0.533. The van der Waals surface area contributed by atoms with Crippen LogP contribution >= 0.6 is 11.8 Å². The summed E-state index contributed by atoms with van der Waals surface area (Å²) in [5, 5.41) is 9.17. The quantitative estimate of drug-likeness (QED) is 0.831. The summed E-state index contributed by atoms with van der Waals surface area (Å²) in [6, 6.07) is 8.05. The van der Waals surface area contributed by atoms with Crippen LogP contribution in [-0.4, -0.2) is 16.3 Å². The summed E-state index contributed by atoms with van der Waals surface area (Å²) >= 11 is 1.53. The highest BCUT2D eigenvalue weighted by Gasteiger charge is 2.30. The Hall–Kier alpha value is -0.960. The molecule has 0 spiro atoms. The molecule has 1 aromatic rings. The number of benzene rings is 1. The van der Waals surface area contributed by atoms with Gasteiger partial charge in [-0.1, -0.05) is 37.5 Å². The Morgan fingerprint density at radius 1 is 1.28 bits per heavy atom. The van der Waals surface area contributed by atoms with Crippen molar-refractivity contribution in [3.63, 3.8) is 0 Å². The molecule has 1 aliphatic carbocycles. The molecule has 1 saturated carbocycles.